The van der Waals surface area contributed by atoms with Gasteiger partial charge in [-0.2, -0.15) is 5.10 Å². The van der Waals surface area contributed by atoms with Crippen LogP contribution in [0, 0.1) is 6.92 Å². The van der Waals surface area contributed by atoms with Crippen molar-refractivity contribution in [3.63, 3.8) is 0 Å². The summed E-state index contributed by atoms with van der Waals surface area (Å²) in [5.41, 5.74) is 6.83. The summed E-state index contributed by atoms with van der Waals surface area (Å²) in [6.45, 7) is 2.10. The molecule has 0 N–H and O–H groups in total. The van der Waals surface area contributed by atoms with Crippen LogP contribution in [-0.4, -0.2) is 14.0 Å². The number of hydrogen-bond acceptors (Lipinski definition) is 1. The molecule has 3 heterocycles. The lowest BCUT2D eigenvalue weighted by Gasteiger charge is -2.03. The monoisotopic (exact) mass is 297 g/mol. The van der Waals surface area contributed by atoms with Gasteiger partial charge in [0.25, 0.3) is 0 Å². The van der Waals surface area contributed by atoms with Gasteiger partial charge in [-0.15, -0.1) is 0 Å². The Morgan fingerprint density at radius 2 is 1.57 bits per heavy atom. The second-order valence-corrected chi connectivity index (χ2v) is 5.92. The summed E-state index contributed by atoms with van der Waals surface area (Å²) < 4.78 is 4.30. The average molecular weight is 297 g/mol. The van der Waals surface area contributed by atoms with Crippen molar-refractivity contribution in [2.24, 2.45) is 0 Å². The van der Waals surface area contributed by atoms with Crippen LogP contribution < -0.4 is 0 Å². The standard InChI is InChI=1S/C20H15N3/c1-14-13-22-18-10-6-5-9-16(18)11-19(22)20-12-17(21-23(14)20)15-7-3-2-4-8-15/h2-13H,1H3. The summed E-state index contributed by atoms with van der Waals surface area (Å²) in [5.74, 6) is 0. The van der Waals surface area contributed by atoms with Crippen molar-refractivity contribution < 1.29 is 0 Å². The first-order chi connectivity index (χ1) is 11.3. The highest BCUT2D eigenvalue weighted by atomic mass is 15.2. The van der Waals surface area contributed by atoms with E-state index in [9.17, 15) is 0 Å². The number of benzene rings is 2. The Balaban J connectivity index is 1.91. The van der Waals surface area contributed by atoms with Gasteiger partial charge in [0.1, 0.15) is 0 Å². The van der Waals surface area contributed by atoms with Gasteiger partial charge in [-0.3, -0.25) is 0 Å². The van der Waals surface area contributed by atoms with Gasteiger partial charge >= 0.3 is 0 Å². The molecule has 0 aliphatic heterocycles. The van der Waals surface area contributed by atoms with Crippen molar-refractivity contribution in [3.05, 3.63) is 78.6 Å². The lowest BCUT2D eigenvalue weighted by molar-refractivity contribution is 0.902. The molecule has 2 aromatic carbocycles. The average Bonchev–Trinajstić information content (AvgIpc) is 3.18. The summed E-state index contributed by atoms with van der Waals surface area (Å²) >= 11 is 0. The van der Waals surface area contributed by atoms with Crippen molar-refractivity contribution in [2.45, 2.75) is 6.92 Å². The van der Waals surface area contributed by atoms with Crippen molar-refractivity contribution in [1.29, 1.82) is 0 Å². The van der Waals surface area contributed by atoms with Gasteiger partial charge in [0.05, 0.1) is 27.9 Å². The van der Waals surface area contributed by atoms with E-state index >= 15 is 0 Å². The van der Waals surface area contributed by atoms with Crippen LogP contribution in [0.2, 0.25) is 0 Å². The molecular formula is C20H15N3. The molecule has 3 nitrogen and oxygen atoms in total. The molecule has 0 amide bonds. The molecule has 0 spiro atoms. The highest BCUT2D eigenvalue weighted by molar-refractivity contribution is 5.94. The first-order valence-electron chi connectivity index (χ1n) is 7.76. The molecule has 5 rings (SSSR count). The fourth-order valence-electron chi connectivity index (χ4n) is 3.34. The second kappa shape index (κ2) is 4.46. The number of fused-ring (bicyclic) bond motifs is 5. The van der Waals surface area contributed by atoms with E-state index in [0.717, 1.165) is 22.5 Å². The third-order valence-electron chi connectivity index (χ3n) is 4.44. The summed E-state index contributed by atoms with van der Waals surface area (Å²) in [4.78, 5) is 0. The zero-order chi connectivity index (χ0) is 15.4. The van der Waals surface area contributed by atoms with Crippen LogP contribution in [0.5, 0.6) is 0 Å². The van der Waals surface area contributed by atoms with E-state index in [1.165, 1.54) is 16.4 Å². The molecule has 0 aliphatic carbocycles. The van der Waals surface area contributed by atoms with Gasteiger partial charge in [-0.05, 0) is 25.1 Å². The minimum absolute atomic E-state index is 1.01. The van der Waals surface area contributed by atoms with E-state index in [4.69, 9.17) is 5.10 Å². The summed E-state index contributed by atoms with van der Waals surface area (Å²) in [6.07, 6.45) is 2.16. The molecule has 0 saturated heterocycles. The molecule has 3 aromatic heterocycles. The maximum Gasteiger partial charge on any atom is 0.0934 e. The minimum Gasteiger partial charge on any atom is -0.313 e. The third kappa shape index (κ3) is 1.73. The van der Waals surface area contributed by atoms with Gasteiger partial charge in [-0.25, -0.2) is 4.52 Å². The maximum absolute atomic E-state index is 4.81. The molecule has 0 saturated carbocycles. The van der Waals surface area contributed by atoms with Crippen LogP contribution in [0.15, 0.2) is 72.9 Å². The Hall–Kier alpha value is -3.07. The highest BCUT2D eigenvalue weighted by Crippen LogP contribution is 2.27. The fraction of sp³-hybridized carbons (Fsp3) is 0.0500. The van der Waals surface area contributed by atoms with Crippen molar-refractivity contribution in [3.8, 4) is 11.3 Å². The Kier molecular flexibility index (Phi) is 2.42. The van der Waals surface area contributed by atoms with Crippen LogP contribution in [0.4, 0.5) is 0 Å². The van der Waals surface area contributed by atoms with Crippen molar-refractivity contribution in [1.82, 2.24) is 14.0 Å². The molecule has 23 heavy (non-hydrogen) atoms. The first-order valence-corrected chi connectivity index (χ1v) is 7.76. The molecule has 0 bridgehead atoms. The van der Waals surface area contributed by atoms with E-state index in [0.29, 0.717) is 0 Å². The Labute approximate surface area is 133 Å². The second-order valence-electron chi connectivity index (χ2n) is 5.92. The molecule has 0 aliphatic rings. The summed E-state index contributed by atoms with van der Waals surface area (Å²) in [5, 5.41) is 6.06. The Morgan fingerprint density at radius 3 is 2.43 bits per heavy atom. The number of nitrogens with zero attached hydrogens (tertiary/aromatic N) is 3. The van der Waals surface area contributed by atoms with Gasteiger partial charge < -0.3 is 4.40 Å². The van der Waals surface area contributed by atoms with E-state index in [1.54, 1.807) is 0 Å². The lowest BCUT2D eigenvalue weighted by atomic mass is 10.1. The molecule has 110 valence electrons. The molecule has 0 fully saturated rings. The Bertz CT molecular complexity index is 1160. The van der Waals surface area contributed by atoms with E-state index < -0.39 is 0 Å². The molecule has 0 radical (unpaired) electrons. The van der Waals surface area contributed by atoms with Crippen LogP contribution in [0.1, 0.15) is 5.69 Å². The SMILES string of the molecule is Cc1cn2c3ccccc3cc2c2cc(-c3ccccc3)nn12. The topological polar surface area (TPSA) is 21.7 Å². The number of para-hydroxylation sites is 1. The fourth-order valence-corrected chi connectivity index (χ4v) is 3.34. The number of aryl methyl sites for hydroxylation is 1. The highest BCUT2D eigenvalue weighted by Gasteiger charge is 2.12. The number of aromatic nitrogens is 3. The zero-order valence-corrected chi connectivity index (χ0v) is 12.8. The van der Waals surface area contributed by atoms with Crippen molar-refractivity contribution in [2.75, 3.05) is 0 Å². The van der Waals surface area contributed by atoms with E-state index in [-0.39, 0.29) is 0 Å². The molecule has 0 unspecified atom stereocenters. The molecule has 3 heteroatoms. The normalized spacial score (nSPS) is 11.7. The van der Waals surface area contributed by atoms with Crippen LogP contribution in [0.3, 0.4) is 0 Å². The van der Waals surface area contributed by atoms with Crippen LogP contribution in [-0.2, 0) is 0 Å². The van der Waals surface area contributed by atoms with Gasteiger partial charge in [-0.1, -0.05) is 48.5 Å². The van der Waals surface area contributed by atoms with E-state index in [2.05, 4.69) is 66.1 Å². The van der Waals surface area contributed by atoms with Gasteiger partial charge in [0.15, 0.2) is 0 Å². The smallest absolute Gasteiger partial charge is 0.0934 e. The van der Waals surface area contributed by atoms with Crippen LogP contribution in [0.25, 0.3) is 33.2 Å². The third-order valence-corrected chi connectivity index (χ3v) is 4.44. The maximum atomic E-state index is 4.81. The quantitative estimate of drug-likeness (QED) is 0.439. The van der Waals surface area contributed by atoms with Crippen molar-refractivity contribution >= 4 is 21.9 Å². The Morgan fingerprint density at radius 1 is 0.783 bits per heavy atom. The summed E-state index contributed by atoms with van der Waals surface area (Å²) in [7, 11) is 0. The van der Waals surface area contributed by atoms with Crippen LogP contribution >= 0.6 is 0 Å². The lowest BCUT2D eigenvalue weighted by Crippen LogP contribution is -1.97. The predicted octanol–water partition coefficient (Wildman–Crippen LogP) is 4.72. The van der Waals surface area contributed by atoms with Gasteiger partial charge in [0, 0.05) is 17.1 Å². The first kappa shape index (κ1) is 12.5. The largest absolute Gasteiger partial charge is 0.313 e. The summed E-state index contributed by atoms with van der Waals surface area (Å²) in [6, 6.07) is 23.2. The number of rotatable bonds is 1. The number of hydrogen-bond donors (Lipinski definition) is 0. The van der Waals surface area contributed by atoms with E-state index in [1.807, 2.05) is 22.7 Å². The molecular weight excluding hydrogens is 282 g/mol. The minimum atomic E-state index is 1.01. The predicted molar refractivity (Wildman–Crippen MR) is 93.8 cm³/mol. The molecule has 5 aromatic rings. The van der Waals surface area contributed by atoms with Gasteiger partial charge in [0.2, 0.25) is 0 Å². The molecule has 0 atom stereocenters. The zero-order valence-electron chi connectivity index (χ0n) is 12.8.